The van der Waals surface area contributed by atoms with Gasteiger partial charge in [-0.05, 0) is 56.3 Å². The molecule has 0 unspecified atom stereocenters. The van der Waals surface area contributed by atoms with E-state index in [2.05, 4.69) is 5.32 Å². The van der Waals surface area contributed by atoms with Crippen LogP contribution in [0.2, 0.25) is 0 Å². The molecular formula is C16H25ClN2O3S2. The van der Waals surface area contributed by atoms with Crippen molar-refractivity contribution in [1.29, 1.82) is 0 Å². The molecule has 3 heterocycles. The highest BCUT2D eigenvalue weighted by molar-refractivity contribution is 7.89. The molecule has 2 aliphatic rings. The van der Waals surface area contributed by atoms with Crippen LogP contribution in [0.15, 0.2) is 6.07 Å². The summed E-state index contributed by atoms with van der Waals surface area (Å²) >= 11 is 1.42. The van der Waals surface area contributed by atoms with Crippen LogP contribution in [-0.2, 0) is 15.6 Å². The number of aryl methyl sites for hydroxylation is 1. The summed E-state index contributed by atoms with van der Waals surface area (Å²) in [6.45, 7) is 5.65. The van der Waals surface area contributed by atoms with Gasteiger partial charge >= 0.3 is 0 Å². The van der Waals surface area contributed by atoms with Crippen molar-refractivity contribution >= 4 is 39.5 Å². The second kappa shape index (κ2) is 7.72. The average molecular weight is 393 g/mol. The first-order chi connectivity index (χ1) is 10.8. The van der Waals surface area contributed by atoms with E-state index < -0.39 is 9.84 Å². The van der Waals surface area contributed by atoms with Crippen molar-refractivity contribution < 1.29 is 13.2 Å². The zero-order valence-corrected chi connectivity index (χ0v) is 16.5. The van der Waals surface area contributed by atoms with E-state index in [9.17, 15) is 13.2 Å². The standard InChI is InChI=1S/C16H24N2O3S2.ClH/c1-11-14(10-23(2,20)21)7-15(22-11)16(19)18-5-3-12-8-17-9-13(12)4-6-18;/h7,12-13,17H,3-6,8-10H2,1-2H3;1H/t12-,13+;. The van der Waals surface area contributed by atoms with Crippen LogP contribution in [0.25, 0.3) is 0 Å². The molecule has 0 saturated carbocycles. The first-order valence-corrected chi connectivity index (χ1v) is 11.0. The molecule has 2 saturated heterocycles. The number of carbonyl (C=O) groups excluding carboxylic acids is 1. The maximum atomic E-state index is 12.8. The number of hydrogen-bond donors (Lipinski definition) is 1. The summed E-state index contributed by atoms with van der Waals surface area (Å²) in [5.41, 5.74) is 0.761. The molecule has 2 atom stereocenters. The number of halogens is 1. The second-order valence-electron chi connectivity index (χ2n) is 6.81. The summed E-state index contributed by atoms with van der Waals surface area (Å²) in [5.74, 6) is 1.46. The van der Waals surface area contributed by atoms with Crippen molar-refractivity contribution in [1.82, 2.24) is 10.2 Å². The topological polar surface area (TPSA) is 66.5 Å². The third-order valence-electron chi connectivity index (χ3n) is 4.96. The predicted octanol–water partition coefficient (Wildman–Crippen LogP) is 2.09. The van der Waals surface area contributed by atoms with Gasteiger partial charge < -0.3 is 10.2 Å². The van der Waals surface area contributed by atoms with E-state index in [-0.39, 0.29) is 24.1 Å². The summed E-state index contributed by atoms with van der Waals surface area (Å²) in [5, 5.41) is 3.44. The molecule has 3 rings (SSSR count). The second-order valence-corrected chi connectivity index (χ2v) is 10.2. The van der Waals surface area contributed by atoms with Crippen LogP contribution in [0, 0.1) is 18.8 Å². The summed E-state index contributed by atoms with van der Waals surface area (Å²) in [4.78, 5) is 16.3. The van der Waals surface area contributed by atoms with Crippen LogP contribution in [-0.4, -0.2) is 51.7 Å². The molecule has 0 spiro atoms. The third-order valence-corrected chi connectivity index (χ3v) is 6.87. The lowest BCUT2D eigenvalue weighted by molar-refractivity contribution is 0.0763. The lowest BCUT2D eigenvalue weighted by Gasteiger charge is -2.20. The Morgan fingerprint density at radius 2 is 1.88 bits per heavy atom. The number of carbonyl (C=O) groups is 1. The number of likely N-dealkylation sites (tertiary alicyclic amines) is 1. The van der Waals surface area contributed by atoms with Crippen LogP contribution >= 0.6 is 23.7 Å². The van der Waals surface area contributed by atoms with Crippen molar-refractivity contribution in [2.45, 2.75) is 25.5 Å². The molecular weight excluding hydrogens is 368 g/mol. The van der Waals surface area contributed by atoms with E-state index in [1.165, 1.54) is 17.6 Å². The smallest absolute Gasteiger partial charge is 0.263 e. The highest BCUT2D eigenvalue weighted by Gasteiger charge is 2.32. The van der Waals surface area contributed by atoms with Gasteiger partial charge in [-0.25, -0.2) is 8.42 Å². The fourth-order valence-corrected chi connectivity index (χ4v) is 5.59. The minimum absolute atomic E-state index is 0. The number of fused-ring (bicyclic) bond motifs is 1. The van der Waals surface area contributed by atoms with Crippen LogP contribution < -0.4 is 5.32 Å². The normalized spacial score (nSPS) is 24.2. The number of nitrogens with one attached hydrogen (secondary N) is 1. The SMILES string of the molecule is Cc1sc(C(=O)N2CC[C@@H]3CNC[C@@H]3CC2)cc1CS(C)(=O)=O.Cl. The number of hydrogen-bond acceptors (Lipinski definition) is 5. The number of rotatable bonds is 3. The summed E-state index contributed by atoms with van der Waals surface area (Å²) in [6, 6.07) is 1.77. The summed E-state index contributed by atoms with van der Waals surface area (Å²) < 4.78 is 23.0. The van der Waals surface area contributed by atoms with Gasteiger partial charge in [0, 0.05) is 24.2 Å². The highest BCUT2D eigenvalue weighted by Crippen LogP contribution is 2.29. The molecule has 0 radical (unpaired) electrons. The molecule has 0 aliphatic carbocycles. The van der Waals surface area contributed by atoms with Crippen LogP contribution in [0.3, 0.4) is 0 Å². The van der Waals surface area contributed by atoms with Crippen molar-refractivity contribution in [3.63, 3.8) is 0 Å². The minimum atomic E-state index is -3.08. The Morgan fingerprint density at radius 3 is 2.42 bits per heavy atom. The van der Waals surface area contributed by atoms with Gasteiger partial charge in [0.25, 0.3) is 5.91 Å². The van der Waals surface area contributed by atoms with E-state index in [1.807, 2.05) is 11.8 Å². The van der Waals surface area contributed by atoms with Crippen LogP contribution in [0.1, 0.15) is 33.0 Å². The van der Waals surface area contributed by atoms with E-state index >= 15 is 0 Å². The molecule has 2 fully saturated rings. The van der Waals surface area contributed by atoms with Crippen molar-refractivity contribution in [2.24, 2.45) is 11.8 Å². The fraction of sp³-hybridized carbons (Fsp3) is 0.688. The van der Waals surface area contributed by atoms with Crippen molar-refractivity contribution in [3.8, 4) is 0 Å². The Balaban J connectivity index is 0.00000208. The molecule has 1 aromatic heterocycles. The molecule has 5 nitrogen and oxygen atoms in total. The molecule has 136 valence electrons. The molecule has 0 aromatic carbocycles. The zero-order chi connectivity index (χ0) is 16.6. The molecule has 8 heteroatoms. The largest absolute Gasteiger partial charge is 0.338 e. The monoisotopic (exact) mass is 392 g/mol. The Morgan fingerprint density at radius 1 is 1.29 bits per heavy atom. The Bertz CT molecular complexity index is 688. The highest BCUT2D eigenvalue weighted by atomic mass is 35.5. The summed E-state index contributed by atoms with van der Waals surface area (Å²) in [7, 11) is -3.08. The Kier molecular flexibility index (Phi) is 6.34. The zero-order valence-electron chi connectivity index (χ0n) is 14.1. The minimum Gasteiger partial charge on any atom is -0.338 e. The van der Waals surface area contributed by atoms with Crippen molar-refractivity contribution in [2.75, 3.05) is 32.4 Å². The average Bonchev–Trinajstić information content (AvgIpc) is 2.99. The van der Waals surface area contributed by atoms with Gasteiger partial charge in [0.05, 0.1) is 10.6 Å². The quantitative estimate of drug-likeness (QED) is 0.855. The first-order valence-electron chi connectivity index (χ1n) is 8.10. The Labute approximate surface area is 154 Å². The van der Waals surface area contributed by atoms with Gasteiger partial charge in [0.2, 0.25) is 0 Å². The number of thiophene rings is 1. The summed E-state index contributed by atoms with van der Waals surface area (Å²) in [6.07, 6.45) is 3.35. The first kappa shape index (κ1) is 19.7. The van der Waals surface area contributed by atoms with E-state index in [1.54, 1.807) is 6.07 Å². The predicted molar refractivity (Wildman–Crippen MR) is 99.8 cm³/mol. The molecule has 1 N–H and O–H groups in total. The molecule has 24 heavy (non-hydrogen) atoms. The van der Waals surface area contributed by atoms with Gasteiger partial charge in [-0.15, -0.1) is 23.7 Å². The van der Waals surface area contributed by atoms with Gasteiger partial charge in [-0.2, -0.15) is 0 Å². The van der Waals surface area contributed by atoms with Crippen LogP contribution in [0.4, 0.5) is 0 Å². The molecule has 2 aliphatic heterocycles. The van der Waals surface area contributed by atoms with E-state index in [0.717, 1.165) is 49.5 Å². The maximum Gasteiger partial charge on any atom is 0.263 e. The molecule has 1 aromatic rings. The van der Waals surface area contributed by atoms with Crippen LogP contribution in [0.5, 0.6) is 0 Å². The lowest BCUT2D eigenvalue weighted by Crippen LogP contribution is -2.32. The van der Waals surface area contributed by atoms with Gasteiger partial charge in [0.1, 0.15) is 0 Å². The molecule has 0 bridgehead atoms. The molecule has 1 amide bonds. The van der Waals surface area contributed by atoms with Crippen molar-refractivity contribution in [3.05, 3.63) is 21.4 Å². The van der Waals surface area contributed by atoms with E-state index in [4.69, 9.17) is 0 Å². The number of sulfone groups is 1. The fourth-order valence-electron chi connectivity index (χ4n) is 3.63. The number of nitrogens with zero attached hydrogens (tertiary/aromatic N) is 1. The lowest BCUT2D eigenvalue weighted by atomic mass is 9.92. The third kappa shape index (κ3) is 4.50. The Hall–Kier alpha value is -0.630. The van der Waals surface area contributed by atoms with Gasteiger partial charge in [0.15, 0.2) is 9.84 Å². The van der Waals surface area contributed by atoms with Gasteiger partial charge in [-0.1, -0.05) is 0 Å². The van der Waals surface area contributed by atoms with E-state index in [0.29, 0.717) is 16.7 Å². The maximum absolute atomic E-state index is 12.8. The number of amides is 1. The van der Waals surface area contributed by atoms with Gasteiger partial charge in [-0.3, -0.25) is 4.79 Å².